The largest absolute Gasteiger partial charge is 0.339 e. The van der Waals surface area contributed by atoms with Crippen LogP contribution >= 0.6 is 58.6 Å². The summed E-state index contributed by atoms with van der Waals surface area (Å²) in [5.74, 6) is -0.446. The minimum absolute atomic E-state index is 0.189. The third kappa shape index (κ3) is 5.87. The Morgan fingerprint density at radius 3 is 2.24 bits per heavy atom. The third-order valence-electron chi connectivity index (χ3n) is 4.02. The lowest BCUT2D eigenvalue weighted by Gasteiger charge is -2.28. The predicted octanol–water partition coefficient (Wildman–Crippen LogP) is 5.91. The van der Waals surface area contributed by atoms with Gasteiger partial charge in [0, 0.05) is 21.7 Å². The molecule has 0 fully saturated rings. The van der Waals surface area contributed by atoms with Crippen LogP contribution in [0.5, 0.6) is 0 Å². The van der Waals surface area contributed by atoms with Crippen molar-refractivity contribution in [2.75, 3.05) is 5.32 Å². The lowest BCUT2D eigenvalue weighted by atomic mass is 10.1. The Morgan fingerprint density at radius 2 is 1.55 bits per heavy atom. The number of halogens is 4. The third-order valence-corrected chi connectivity index (χ3v) is 5.15. The fraction of sp³-hybridized carbons (Fsp3) is 0.100. The fourth-order valence-corrected chi connectivity index (χ4v) is 3.32. The number of benzene rings is 3. The molecule has 0 aromatic heterocycles. The van der Waals surface area contributed by atoms with Gasteiger partial charge in [0.15, 0.2) is 5.11 Å². The predicted molar refractivity (Wildman–Crippen MR) is 126 cm³/mol. The van der Waals surface area contributed by atoms with Gasteiger partial charge in [0.1, 0.15) is 6.17 Å². The van der Waals surface area contributed by atoms with Gasteiger partial charge in [-0.3, -0.25) is 4.79 Å². The van der Waals surface area contributed by atoms with Crippen LogP contribution in [-0.2, 0) is 0 Å². The topological polar surface area (TPSA) is 53.2 Å². The molecule has 0 aliphatic rings. The van der Waals surface area contributed by atoms with Gasteiger partial charge < -0.3 is 16.0 Å². The molecule has 150 valence electrons. The molecule has 3 rings (SSSR count). The van der Waals surface area contributed by atoms with E-state index in [1.54, 1.807) is 24.3 Å². The van der Waals surface area contributed by atoms with Crippen LogP contribution in [0.1, 0.15) is 10.4 Å². The monoisotopic (exact) mass is 485 g/mol. The lowest BCUT2D eigenvalue weighted by molar-refractivity contribution is 0.0934. The minimum Gasteiger partial charge on any atom is -0.339 e. The van der Waals surface area contributed by atoms with Gasteiger partial charge in [-0.1, -0.05) is 82.8 Å². The van der Waals surface area contributed by atoms with Crippen molar-refractivity contribution in [3.63, 3.8) is 0 Å². The highest BCUT2D eigenvalue weighted by atomic mass is 35.6. The molecule has 0 aliphatic heterocycles. The highest BCUT2D eigenvalue weighted by Crippen LogP contribution is 2.30. The molecule has 29 heavy (non-hydrogen) atoms. The van der Waals surface area contributed by atoms with Crippen molar-refractivity contribution in [2.45, 2.75) is 9.96 Å². The van der Waals surface area contributed by atoms with Crippen molar-refractivity contribution in [3.05, 3.63) is 77.3 Å². The van der Waals surface area contributed by atoms with Crippen LogP contribution in [-0.4, -0.2) is 21.0 Å². The molecule has 0 radical (unpaired) electrons. The number of carbonyl (C=O) groups is 1. The number of hydrogen-bond donors (Lipinski definition) is 3. The molecule has 3 N–H and O–H groups in total. The van der Waals surface area contributed by atoms with Crippen LogP contribution in [0.3, 0.4) is 0 Å². The summed E-state index contributed by atoms with van der Waals surface area (Å²) in [5, 5.41) is 11.3. The number of thiocarbonyl (C=S) groups is 1. The van der Waals surface area contributed by atoms with E-state index in [2.05, 4.69) is 16.0 Å². The molecular formula is C20H15Cl4N3OS. The smallest absolute Gasteiger partial charge is 0.252 e. The number of hydrogen-bond acceptors (Lipinski definition) is 2. The number of anilines is 1. The van der Waals surface area contributed by atoms with Gasteiger partial charge in [0.05, 0.1) is 0 Å². The first kappa shape index (κ1) is 21.9. The van der Waals surface area contributed by atoms with Crippen LogP contribution < -0.4 is 16.0 Å². The van der Waals surface area contributed by atoms with Gasteiger partial charge in [-0.25, -0.2) is 0 Å². The Morgan fingerprint density at radius 1 is 0.897 bits per heavy atom. The Balaban J connectivity index is 1.73. The molecule has 0 saturated carbocycles. The maximum atomic E-state index is 12.5. The van der Waals surface area contributed by atoms with Gasteiger partial charge in [0.2, 0.25) is 3.79 Å². The van der Waals surface area contributed by atoms with Crippen LogP contribution in [0.25, 0.3) is 10.8 Å². The number of rotatable bonds is 4. The van der Waals surface area contributed by atoms with Gasteiger partial charge in [-0.15, -0.1) is 0 Å². The number of alkyl halides is 3. The first-order valence-corrected chi connectivity index (χ1v) is 10.3. The van der Waals surface area contributed by atoms with Gasteiger partial charge in [-0.05, 0) is 47.9 Å². The van der Waals surface area contributed by atoms with Gasteiger partial charge >= 0.3 is 0 Å². The summed E-state index contributed by atoms with van der Waals surface area (Å²) in [6.45, 7) is 0. The molecule has 0 spiro atoms. The van der Waals surface area contributed by atoms with Crippen molar-refractivity contribution in [1.29, 1.82) is 0 Å². The maximum Gasteiger partial charge on any atom is 0.252 e. The first-order valence-electron chi connectivity index (χ1n) is 8.42. The van der Waals surface area contributed by atoms with Crippen molar-refractivity contribution < 1.29 is 4.79 Å². The van der Waals surface area contributed by atoms with E-state index in [9.17, 15) is 4.79 Å². The molecule has 0 heterocycles. The second-order valence-electron chi connectivity index (χ2n) is 6.08. The number of nitrogens with one attached hydrogen (secondary N) is 3. The molecule has 4 nitrogen and oxygen atoms in total. The van der Waals surface area contributed by atoms with Crippen LogP contribution in [0.2, 0.25) is 5.02 Å². The van der Waals surface area contributed by atoms with E-state index in [-0.39, 0.29) is 5.11 Å². The first-order chi connectivity index (χ1) is 13.7. The van der Waals surface area contributed by atoms with Crippen molar-refractivity contribution >= 4 is 86.1 Å². The van der Waals surface area contributed by atoms with Gasteiger partial charge in [0.25, 0.3) is 5.91 Å². The summed E-state index contributed by atoms with van der Waals surface area (Å²) in [7, 11) is 0. The average Bonchev–Trinajstić information content (AvgIpc) is 2.67. The fourth-order valence-electron chi connectivity index (χ4n) is 2.64. The lowest BCUT2D eigenvalue weighted by Crippen LogP contribution is -2.56. The van der Waals surface area contributed by atoms with E-state index in [0.29, 0.717) is 10.6 Å². The second kappa shape index (κ2) is 9.37. The van der Waals surface area contributed by atoms with E-state index in [4.69, 9.17) is 58.6 Å². The molecule has 3 aromatic carbocycles. The summed E-state index contributed by atoms with van der Waals surface area (Å²) >= 11 is 29.3. The summed E-state index contributed by atoms with van der Waals surface area (Å²) < 4.78 is -1.85. The van der Waals surface area contributed by atoms with Crippen LogP contribution in [0, 0.1) is 0 Å². The average molecular weight is 487 g/mol. The Bertz CT molecular complexity index is 1030. The minimum atomic E-state index is -1.85. The zero-order valence-electron chi connectivity index (χ0n) is 14.8. The summed E-state index contributed by atoms with van der Waals surface area (Å²) in [6.07, 6.45) is -1.08. The van der Waals surface area contributed by atoms with Gasteiger partial charge in [-0.2, -0.15) is 0 Å². The van der Waals surface area contributed by atoms with Crippen molar-refractivity contribution in [2.24, 2.45) is 0 Å². The molecule has 1 atom stereocenters. The number of amides is 1. The SMILES string of the molecule is O=C(NC(NC(=S)Nc1cccc2ccccc12)C(Cl)(Cl)Cl)c1ccc(Cl)cc1. The highest BCUT2D eigenvalue weighted by molar-refractivity contribution is 7.80. The van der Waals surface area contributed by atoms with E-state index >= 15 is 0 Å². The zero-order valence-corrected chi connectivity index (χ0v) is 18.6. The maximum absolute atomic E-state index is 12.5. The molecule has 1 unspecified atom stereocenters. The molecule has 3 aromatic rings. The highest BCUT2D eigenvalue weighted by Gasteiger charge is 2.35. The summed E-state index contributed by atoms with van der Waals surface area (Å²) in [6, 6.07) is 20.0. The van der Waals surface area contributed by atoms with Crippen molar-refractivity contribution in [1.82, 2.24) is 10.6 Å². The molecule has 0 saturated heterocycles. The second-order valence-corrected chi connectivity index (χ2v) is 9.29. The Labute approximate surface area is 193 Å². The van der Waals surface area contributed by atoms with Crippen LogP contribution in [0.4, 0.5) is 5.69 Å². The Kier molecular flexibility index (Phi) is 7.09. The number of fused-ring (bicyclic) bond motifs is 1. The van der Waals surface area contributed by atoms with Crippen molar-refractivity contribution in [3.8, 4) is 0 Å². The van der Waals surface area contributed by atoms with E-state index in [1.807, 2.05) is 42.5 Å². The number of carbonyl (C=O) groups excluding carboxylic acids is 1. The zero-order chi connectivity index (χ0) is 21.0. The Hall–Kier alpha value is -1.76. The van der Waals surface area contributed by atoms with E-state index in [1.165, 1.54) is 0 Å². The molecule has 1 amide bonds. The van der Waals surface area contributed by atoms with E-state index < -0.39 is 15.9 Å². The standard InChI is InChI=1S/C20H15Cl4N3OS/c21-14-10-8-13(9-11-14)17(28)26-18(20(22,23)24)27-19(29)25-16-7-3-5-12-4-1-2-6-15(12)16/h1-11,18H,(H,26,28)(H2,25,27,29). The summed E-state index contributed by atoms with van der Waals surface area (Å²) in [5.41, 5.74) is 1.15. The van der Waals surface area contributed by atoms with E-state index in [0.717, 1.165) is 16.5 Å². The quantitative estimate of drug-likeness (QED) is 0.244. The van der Waals surface area contributed by atoms with Crippen LogP contribution in [0.15, 0.2) is 66.7 Å². The molecule has 9 heteroatoms. The molecular weight excluding hydrogens is 472 g/mol. The normalized spacial score (nSPS) is 12.3. The molecule has 0 bridgehead atoms. The summed E-state index contributed by atoms with van der Waals surface area (Å²) in [4.78, 5) is 12.5. The molecule has 0 aliphatic carbocycles.